The summed E-state index contributed by atoms with van der Waals surface area (Å²) in [6, 6.07) is 16.3. The number of amides is 1. The maximum atomic E-state index is 12.8. The summed E-state index contributed by atoms with van der Waals surface area (Å²) in [6.45, 7) is 21.5. The van der Waals surface area contributed by atoms with E-state index in [0.717, 1.165) is 56.8 Å². The van der Waals surface area contributed by atoms with Crippen molar-refractivity contribution in [2.75, 3.05) is 56.1 Å². The van der Waals surface area contributed by atoms with Gasteiger partial charge in [-0.2, -0.15) is 5.26 Å². The van der Waals surface area contributed by atoms with Crippen LogP contribution in [0.2, 0.25) is 5.02 Å². The lowest BCUT2D eigenvalue weighted by atomic mass is 9.76. The fourth-order valence-electron chi connectivity index (χ4n) is 6.00. The minimum absolute atomic E-state index is 0.0181. The second-order valence-electron chi connectivity index (χ2n) is 11.0. The zero-order valence-corrected chi connectivity index (χ0v) is 30.1. The van der Waals surface area contributed by atoms with Crippen LogP contribution in [0, 0.1) is 16.7 Å². The highest BCUT2D eigenvalue weighted by atomic mass is 35.5. The third-order valence-electron chi connectivity index (χ3n) is 8.44. The molecule has 1 atom stereocenters. The third-order valence-corrected chi connectivity index (χ3v) is 8.75. The van der Waals surface area contributed by atoms with Crippen LogP contribution in [0.4, 0.5) is 11.4 Å². The van der Waals surface area contributed by atoms with E-state index in [2.05, 4.69) is 47.2 Å². The molecule has 3 heterocycles. The van der Waals surface area contributed by atoms with Gasteiger partial charge in [0, 0.05) is 68.5 Å². The molecule has 0 bridgehead atoms. The maximum absolute atomic E-state index is 12.8. The van der Waals surface area contributed by atoms with Crippen molar-refractivity contribution < 1.29 is 9.59 Å². The summed E-state index contributed by atoms with van der Waals surface area (Å²) in [5.41, 5.74) is 3.76. The topological polar surface area (TPSA) is 79.7 Å². The zero-order valence-electron chi connectivity index (χ0n) is 29.4. The number of rotatable bonds is 4. The molecule has 1 spiro atoms. The van der Waals surface area contributed by atoms with Crippen LogP contribution in [0.5, 0.6) is 0 Å². The number of carbonyl (C=O) groups excluding carboxylic acids is 2. The molecule has 0 aromatic heterocycles. The highest BCUT2D eigenvalue weighted by Crippen LogP contribution is 2.46. The number of carbonyl (C=O) groups is 2. The summed E-state index contributed by atoms with van der Waals surface area (Å²) in [5, 5.41) is 12.6. The number of nitriles is 1. The molecule has 45 heavy (non-hydrogen) atoms. The molecular weight excluding hydrogens is 582 g/mol. The number of piperidine rings is 2. The number of nitrogens with zero attached hydrogens (tertiary/aromatic N) is 4. The third kappa shape index (κ3) is 11.0. The van der Waals surface area contributed by atoms with E-state index in [9.17, 15) is 14.9 Å². The van der Waals surface area contributed by atoms with Crippen molar-refractivity contribution in [2.24, 2.45) is 5.41 Å². The first kappa shape index (κ1) is 39.9. The van der Waals surface area contributed by atoms with Gasteiger partial charge in [-0.25, -0.2) is 0 Å². The molecule has 2 aromatic carbocycles. The first-order valence-corrected chi connectivity index (χ1v) is 17.4. The Hall–Kier alpha value is -3.08. The van der Waals surface area contributed by atoms with Crippen LogP contribution in [0.25, 0.3) is 0 Å². The minimum Gasteiger partial charge on any atom is -0.371 e. The number of nitrogens with one attached hydrogen (secondary N) is 1. The van der Waals surface area contributed by atoms with Gasteiger partial charge in [0.05, 0.1) is 10.6 Å². The van der Waals surface area contributed by atoms with Gasteiger partial charge in [0.2, 0.25) is 0 Å². The Balaban J connectivity index is 0.000000910. The average Bonchev–Trinajstić information content (AvgIpc) is 3.42. The number of anilines is 2. The molecule has 3 fully saturated rings. The fourth-order valence-corrected chi connectivity index (χ4v) is 6.21. The van der Waals surface area contributed by atoms with E-state index in [0.29, 0.717) is 48.1 Å². The Labute approximate surface area is 278 Å². The van der Waals surface area contributed by atoms with E-state index in [4.69, 9.17) is 11.6 Å². The van der Waals surface area contributed by atoms with Gasteiger partial charge in [-0.1, -0.05) is 60.1 Å². The van der Waals surface area contributed by atoms with Crippen LogP contribution in [-0.2, 0) is 4.79 Å². The molecule has 3 saturated heterocycles. The van der Waals surface area contributed by atoms with E-state index in [-0.39, 0.29) is 17.1 Å². The molecule has 2 aromatic rings. The summed E-state index contributed by atoms with van der Waals surface area (Å²) < 4.78 is 0. The molecule has 7 nitrogen and oxygen atoms in total. The molecule has 0 aliphatic carbocycles. The Kier molecular flexibility index (Phi) is 18.5. The zero-order chi connectivity index (χ0) is 34.0. The predicted octanol–water partition coefficient (Wildman–Crippen LogP) is 8.21. The lowest BCUT2D eigenvalue weighted by Crippen LogP contribution is -2.41. The summed E-state index contributed by atoms with van der Waals surface area (Å²) in [6.07, 6.45) is 4.34. The number of Topliss-reactive ketones (excluding diaryl/α,β-unsaturated/α-hetero) is 1. The van der Waals surface area contributed by atoms with Crippen LogP contribution in [-0.4, -0.2) is 68.9 Å². The molecule has 5 rings (SSSR count). The van der Waals surface area contributed by atoms with Crippen molar-refractivity contribution in [1.29, 1.82) is 5.26 Å². The van der Waals surface area contributed by atoms with Gasteiger partial charge in [0.25, 0.3) is 5.91 Å². The molecule has 0 radical (unpaired) electrons. The molecule has 250 valence electrons. The highest BCUT2D eigenvalue weighted by molar-refractivity contribution is 6.32. The van der Waals surface area contributed by atoms with Gasteiger partial charge in [0.1, 0.15) is 11.9 Å². The largest absolute Gasteiger partial charge is 0.371 e. The van der Waals surface area contributed by atoms with Gasteiger partial charge in [-0.3, -0.25) is 9.59 Å². The number of hydrogen-bond acceptors (Lipinski definition) is 6. The van der Waals surface area contributed by atoms with E-state index < -0.39 is 0 Å². The SMILES string of the molecule is CC.CC.CC.CC1CC2(CCN(c3ccc(C(=O)N4CCC(=O)CC4)cc3)CC2)CN1c1ccc(C#N)c(Cl)c1.CCNC. The van der Waals surface area contributed by atoms with Crippen molar-refractivity contribution in [3.63, 3.8) is 0 Å². The highest BCUT2D eigenvalue weighted by Gasteiger charge is 2.44. The minimum atomic E-state index is 0.0181. The van der Waals surface area contributed by atoms with E-state index >= 15 is 0 Å². The van der Waals surface area contributed by atoms with E-state index in [1.54, 1.807) is 4.90 Å². The number of hydrogen-bond donors (Lipinski definition) is 1. The standard InChI is InChI=1S/C28H31ClN4O2.C3H9N.3C2H6/c1-20-17-28(19-33(20)24-7-4-22(18-30)26(29)16-24)10-14-31(15-11-28)23-5-2-21(3-6-23)27(35)32-12-8-25(34)9-13-32;1-3-4-2;3*1-2/h2-7,16,20H,8-15,17,19H2,1H3;4H,3H2,1-2H3;3*1-2H3. The molecule has 1 amide bonds. The van der Waals surface area contributed by atoms with Gasteiger partial charge in [-0.05, 0) is 87.7 Å². The Morgan fingerprint density at radius 2 is 1.49 bits per heavy atom. The Bertz CT molecular complexity index is 1190. The van der Waals surface area contributed by atoms with Crippen LogP contribution in [0.3, 0.4) is 0 Å². The molecule has 1 N–H and O–H groups in total. The summed E-state index contributed by atoms with van der Waals surface area (Å²) in [7, 11) is 1.93. The van der Waals surface area contributed by atoms with Crippen molar-refractivity contribution in [2.45, 2.75) is 93.5 Å². The smallest absolute Gasteiger partial charge is 0.253 e. The van der Waals surface area contributed by atoms with Crippen LogP contribution < -0.4 is 15.1 Å². The number of likely N-dealkylation sites (tertiary alicyclic amines) is 1. The van der Waals surface area contributed by atoms with E-state index in [1.807, 2.05) is 78.9 Å². The lowest BCUT2D eigenvalue weighted by Gasteiger charge is -2.40. The molecular formula is C37H58ClN5O2. The monoisotopic (exact) mass is 639 g/mol. The fraction of sp³-hybridized carbons (Fsp3) is 0.595. The van der Waals surface area contributed by atoms with Crippen molar-refractivity contribution in [1.82, 2.24) is 10.2 Å². The summed E-state index contributed by atoms with van der Waals surface area (Å²) >= 11 is 6.31. The maximum Gasteiger partial charge on any atom is 0.253 e. The van der Waals surface area contributed by atoms with Gasteiger partial charge >= 0.3 is 0 Å². The average molecular weight is 640 g/mol. The molecule has 3 aliphatic heterocycles. The normalized spacial score (nSPS) is 18.1. The Morgan fingerprint density at radius 3 is 1.98 bits per heavy atom. The van der Waals surface area contributed by atoms with Crippen LogP contribution in [0.15, 0.2) is 42.5 Å². The van der Waals surface area contributed by atoms with Gasteiger partial charge < -0.3 is 20.0 Å². The number of halogens is 1. The Morgan fingerprint density at radius 1 is 0.956 bits per heavy atom. The number of ketones is 1. The molecule has 1 unspecified atom stereocenters. The van der Waals surface area contributed by atoms with Crippen molar-refractivity contribution in [3.05, 3.63) is 58.6 Å². The predicted molar refractivity (Wildman–Crippen MR) is 192 cm³/mol. The van der Waals surface area contributed by atoms with Crippen LogP contribution in [0.1, 0.15) is 103 Å². The summed E-state index contributed by atoms with van der Waals surface area (Å²) in [5.74, 6) is 0.261. The quantitative estimate of drug-likeness (QED) is 0.363. The summed E-state index contributed by atoms with van der Waals surface area (Å²) in [4.78, 5) is 30.9. The second-order valence-corrected chi connectivity index (χ2v) is 11.4. The van der Waals surface area contributed by atoms with E-state index in [1.165, 1.54) is 0 Å². The molecule has 0 saturated carbocycles. The lowest BCUT2D eigenvalue weighted by molar-refractivity contribution is -0.120. The van der Waals surface area contributed by atoms with Gasteiger partial charge in [0.15, 0.2) is 0 Å². The molecule has 8 heteroatoms. The molecule has 3 aliphatic rings. The van der Waals surface area contributed by atoms with Crippen molar-refractivity contribution >= 4 is 34.7 Å². The second kappa shape index (κ2) is 20.9. The van der Waals surface area contributed by atoms with Crippen LogP contribution >= 0.6 is 11.6 Å². The first-order chi connectivity index (χ1) is 21.8. The number of benzene rings is 2. The van der Waals surface area contributed by atoms with Gasteiger partial charge in [-0.15, -0.1) is 0 Å². The van der Waals surface area contributed by atoms with Crippen molar-refractivity contribution in [3.8, 4) is 6.07 Å². The first-order valence-electron chi connectivity index (χ1n) is 17.1.